The molecule has 0 spiro atoms. The maximum atomic E-state index is 12.4. The van der Waals surface area contributed by atoms with Gasteiger partial charge in [-0.25, -0.2) is 13.8 Å². The lowest BCUT2D eigenvalue weighted by atomic mass is 10.3. The number of imidazole rings is 1. The minimum atomic E-state index is -2.61. The van der Waals surface area contributed by atoms with E-state index in [0.717, 1.165) is 0 Å². The molecule has 0 aliphatic carbocycles. The van der Waals surface area contributed by atoms with E-state index in [1.54, 1.807) is 49.7 Å². The first-order valence-corrected chi connectivity index (χ1v) is 7.79. The summed E-state index contributed by atoms with van der Waals surface area (Å²) in [6.07, 6.45) is 2.16. The molecule has 2 aromatic heterocycles. The van der Waals surface area contributed by atoms with Crippen molar-refractivity contribution < 1.29 is 23.0 Å². The van der Waals surface area contributed by atoms with E-state index in [0.29, 0.717) is 17.1 Å². The minimum Gasteiger partial charge on any atom is -0.482 e. The van der Waals surface area contributed by atoms with Gasteiger partial charge in [-0.1, -0.05) is 6.08 Å². The van der Waals surface area contributed by atoms with Gasteiger partial charge in [0.2, 0.25) is 5.88 Å². The third-order valence-electron chi connectivity index (χ3n) is 3.42. The Hall–Kier alpha value is -3.10. The van der Waals surface area contributed by atoms with Gasteiger partial charge in [-0.3, -0.25) is 9.20 Å². The first kappa shape index (κ1) is 19.2. The van der Waals surface area contributed by atoms with E-state index < -0.39 is 18.9 Å². The van der Waals surface area contributed by atoms with Crippen molar-refractivity contribution >= 4 is 11.6 Å². The summed E-state index contributed by atoms with van der Waals surface area (Å²) in [6.45, 7) is 2.68. The average molecular weight is 366 g/mol. The fourth-order valence-corrected chi connectivity index (χ4v) is 2.27. The van der Waals surface area contributed by atoms with E-state index in [9.17, 15) is 13.6 Å². The maximum Gasteiger partial charge on any atom is 0.272 e. The first-order chi connectivity index (χ1) is 12.4. The van der Waals surface area contributed by atoms with Crippen LogP contribution in [0.3, 0.4) is 0 Å². The van der Waals surface area contributed by atoms with Gasteiger partial charge in [-0.15, -0.1) is 0 Å². The molecular weight excluding hydrogens is 346 g/mol. The number of ether oxygens (including phenoxy) is 2. The quantitative estimate of drug-likeness (QED) is 0.553. The Morgan fingerprint density at radius 2 is 2.19 bits per heavy atom. The SMILES string of the molecule is C/C=C\C(OCC(F)F)=C(/NC)Oc1ccc2nc(C(N)=O)c(C)n2c1. The van der Waals surface area contributed by atoms with Crippen LogP contribution in [0.5, 0.6) is 5.75 Å². The van der Waals surface area contributed by atoms with Crippen molar-refractivity contribution in [3.8, 4) is 5.75 Å². The Kier molecular flexibility index (Phi) is 6.16. The predicted molar refractivity (Wildman–Crippen MR) is 91.9 cm³/mol. The Balaban J connectivity index is 2.38. The van der Waals surface area contributed by atoms with Crippen LogP contribution in [0.1, 0.15) is 23.1 Å². The second kappa shape index (κ2) is 8.32. The van der Waals surface area contributed by atoms with Crippen molar-refractivity contribution in [2.45, 2.75) is 20.3 Å². The van der Waals surface area contributed by atoms with Crippen LogP contribution in [0, 0.1) is 6.92 Å². The van der Waals surface area contributed by atoms with Gasteiger partial charge in [0.25, 0.3) is 12.3 Å². The number of nitrogens with one attached hydrogen (secondary N) is 1. The zero-order valence-corrected chi connectivity index (χ0v) is 14.6. The Bertz CT molecular complexity index is 859. The van der Waals surface area contributed by atoms with Crippen molar-refractivity contribution in [1.82, 2.24) is 14.7 Å². The fourth-order valence-electron chi connectivity index (χ4n) is 2.27. The molecule has 2 aromatic rings. The number of hydrogen-bond donors (Lipinski definition) is 2. The summed E-state index contributed by atoms with van der Waals surface area (Å²) >= 11 is 0. The number of nitrogens with two attached hydrogens (primary N) is 1. The largest absolute Gasteiger partial charge is 0.482 e. The minimum absolute atomic E-state index is 0.135. The second-order valence-corrected chi connectivity index (χ2v) is 5.25. The summed E-state index contributed by atoms with van der Waals surface area (Å²) in [4.78, 5) is 15.6. The van der Waals surface area contributed by atoms with Gasteiger partial charge in [0, 0.05) is 7.05 Å². The molecule has 9 heteroatoms. The lowest BCUT2D eigenvalue weighted by Crippen LogP contribution is -2.17. The van der Waals surface area contributed by atoms with Gasteiger partial charge in [0.15, 0.2) is 5.76 Å². The second-order valence-electron chi connectivity index (χ2n) is 5.25. The Labute approximate surface area is 149 Å². The van der Waals surface area contributed by atoms with Crippen molar-refractivity contribution in [3.63, 3.8) is 0 Å². The van der Waals surface area contributed by atoms with Crippen LogP contribution >= 0.6 is 0 Å². The third-order valence-corrected chi connectivity index (χ3v) is 3.42. The highest BCUT2D eigenvalue weighted by Crippen LogP contribution is 2.20. The van der Waals surface area contributed by atoms with E-state index in [1.807, 2.05) is 0 Å². The van der Waals surface area contributed by atoms with Gasteiger partial charge in [0.05, 0.1) is 11.9 Å². The molecule has 140 valence electrons. The van der Waals surface area contributed by atoms with E-state index >= 15 is 0 Å². The Morgan fingerprint density at radius 1 is 1.46 bits per heavy atom. The number of amides is 1. The number of pyridine rings is 1. The first-order valence-electron chi connectivity index (χ1n) is 7.79. The van der Waals surface area contributed by atoms with Gasteiger partial charge < -0.3 is 20.5 Å². The molecule has 0 unspecified atom stereocenters. The molecule has 0 fully saturated rings. The molecule has 0 atom stereocenters. The fraction of sp³-hybridized carbons (Fsp3) is 0.294. The van der Waals surface area contributed by atoms with Gasteiger partial charge in [-0.2, -0.15) is 0 Å². The van der Waals surface area contributed by atoms with Crippen molar-refractivity contribution in [2.24, 2.45) is 5.73 Å². The molecular formula is C17H20F2N4O3. The standard InChI is InChI=1S/C17H20F2N4O3/c1-4-5-12(25-9-13(18)19)17(21-3)26-11-6-7-14-22-15(16(20)24)10(2)23(14)8-11/h4-8,13,21H,9H2,1-3H3,(H2,20,24)/b5-4-,17-12-. The molecule has 0 radical (unpaired) electrons. The number of aromatic nitrogens is 2. The zero-order valence-electron chi connectivity index (χ0n) is 14.6. The lowest BCUT2D eigenvalue weighted by Gasteiger charge is -2.14. The summed E-state index contributed by atoms with van der Waals surface area (Å²) in [5.41, 5.74) is 6.56. The van der Waals surface area contributed by atoms with Crippen molar-refractivity contribution in [1.29, 1.82) is 0 Å². The van der Waals surface area contributed by atoms with Gasteiger partial charge in [-0.05, 0) is 32.1 Å². The topological polar surface area (TPSA) is 90.9 Å². The van der Waals surface area contributed by atoms with Crippen LogP contribution < -0.4 is 15.8 Å². The monoisotopic (exact) mass is 366 g/mol. The van der Waals surface area contributed by atoms with E-state index in [-0.39, 0.29) is 17.3 Å². The number of nitrogens with zero attached hydrogens (tertiary/aromatic N) is 2. The smallest absolute Gasteiger partial charge is 0.272 e. The van der Waals surface area contributed by atoms with Crippen LogP contribution in [-0.2, 0) is 4.74 Å². The van der Waals surface area contributed by atoms with Crippen molar-refractivity contribution in [2.75, 3.05) is 13.7 Å². The highest BCUT2D eigenvalue weighted by Gasteiger charge is 2.15. The molecule has 1 amide bonds. The number of rotatable bonds is 8. The normalized spacial score (nSPS) is 12.5. The molecule has 2 rings (SSSR count). The van der Waals surface area contributed by atoms with E-state index in [2.05, 4.69) is 10.3 Å². The molecule has 0 saturated heterocycles. The summed E-state index contributed by atoms with van der Waals surface area (Å²) in [7, 11) is 1.58. The molecule has 26 heavy (non-hydrogen) atoms. The van der Waals surface area contributed by atoms with Crippen LogP contribution in [0.2, 0.25) is 0 Å². The van der Waals surface area contributed by atoms with Crippen LogP contribution in [0.15, 0.2) is 42.1 Å². The average Bonchev–Trinajstić information content (AvgIpc) is 2.93. The third kappa shape index (κ3) is 4.29. The molecule has 0 aliphatic rings. The zero-order chi connectivity index (χ0) is 19.3. The number of carbonyl (C=O) groups is 1. The summed E-state index contributed by atoms with van der Waals surface area (Å²) in [5, 5.41) is 2.78. The molecule has 0 saturated carbocycles. The lowest BCUT2D eigenvalue weighted by molar-refractivity contribution is 0.0484. The van der Waals surface area contributed by atoms with Gasteiger partial charge >= 0.3 is 0 Å². The number of carbonyl (C=O) groups excluding carboxylic acids is 1. The number of primary amides is 1. The molecule has 0 aliphatic heterocycles. The summed E-state index contributed by atoms with van der Waals surface area (Å²) < 4.78 is 37.3. The molecule has 2 heterocycles. The number of fused-ring (bicyclic) bond motifs is 1. The number of alkyl halides is 2. The maximum absolute atomic E-state index is 12.4. The number of hydrogen-bond acceptors (Lipinski definition) is 5. The number of allylic oxidation sites excluding steroid dienone is 2. The summed E-state index contributed by atoms with van der Waals surface area (Å²) in [5.74, 6) is 0.0628. The summed E-state index contributed by atoms with van der Waals surface area (Å²) in [6, 6.07) is 3.28. The van der Waals surface area contributed by atoms with Crippen LogP contribution in [0.4, 0.5) is 8.78 Å². The molecule has 7 nitrogen and oxygen atoms in total. The molecule has 0 bridgehead atoms. The van der Waals surface area contributed by atoms with Crippen LogP contribution in [0.25, 0.3) is 5.65 Å². The number of halogens is 2. The van der Waals surface area contributed by atoms with Crippen LogP contribution in [-0.4, -0.2) is 35.4 Å². The molecule has 0 aromatic carbocycles. The number of aryl methyl sites for hydroxylation is 1. The Morgan fingerprint density at radius 3 is 2.77 bits per heavy atom. The highest BCUT2D eigenvalue weighted by molar-refractivity contribution is 5.92. The van der Waals surface area contributed by atoms with E-state index in [4.69, 9.17) is 15.2 Å². The highest BCUT2D eigenvalue weighted by atomic mass is 19.3. The molecule has 3 N–H and O–H groups in total. The van der Waals surface area contributed by atoms with Gasteiger partial charge in [0.1, 0.15) is 23.7 Å². The predicted octanol–water partition coefficient (Wildman–Crippen LogP) is 2.37. The van der Waals surface area contributed by atoms with E-state index in [1.165, 1.54) is 6.08 Å². The van der Waals surface area contributed by atoms with Crippen molar-refractivity contribution in [3.05, 3.63) is 53.5 Å².